The minimum atomic E-state index is -0.652. The van der Waals surface area contributed by atoms with Gasteiger partial charge < -0.3 is 9.88 Å². The second-order valence-electron chi connectivity index (χ2n) is 5.66. The van der Waals surface area contributed by atoms with Crippen molar-refractivity contribution in [3.05, 3.63) is 70.2 Å². The van der Waals surface area contributed by atoms with E-state index in [9.17, 15) is 9.18 Å². The zero-order valence-electron chi connectivity index (χ0n) is 12.9. The van der Waals surface area contributed by atoms with Crippen LogP contribution in [0.25, 0.3) is 11.5 Å². The highest BCUT2D eigenvalue weighted by molar-refractivity contribution is 5.53. The van der Waals surface area contributed by atoms with Crippen LogP contribution in [-0.2, 0) is 6.54 Å². The molecule has 0 aliphatic carbocycles. The van der Waals surface area contributed by atoms with E-state index < -0.39 is 5.95 Å². The number of halogens is 1. The van der Waals surface area contributed by atoms with E-state index in [-0.39, 0.29) is 11.5 Å². The SMILES string of the molecule is CC1c2cnc(-c3ccccn3)nc2CN1c1cc(=O)cc(F)[nH]1. The molecule has 1 aliphatic rings. The molecule has 0 radical (unpaired) electrons. The van der Waals surface area contributed by atoms with Gasteiger partial charge in [0.2, 0.25) is 0 Å². The third-order valence-electron chi connectivity index (χ3n) is 4.14. The zero-order chi connectivity index (χ0) is 16.7. The summed E-state index contributed by atoms with van der Waals surface area (Å²) in [5, 5.41) is 0. The number of rotatable bonds is 2. The van der Waals surface area contributed by atoms with Gasteiger partial charge in [0.05, 0.1) is 18.3 Å². The molecule has 0 spiro atoms. The van der Waals surface area contributed by atoms with E-state index in [2.05, 4.69) is 19.9 Å². The van der Waals surface area contributed by atoms with Crippen LogP contribution in [-0.4, -0.2) is 19.9 Å². The lowest BCUT2D eigenvalue weighted by molar-refractivity contribution is 0.576. The van der Waals surface area contributed by atoms with E-state index in [0.717, 1.165) is 17.3 Å². The molecule has 4 rings (SSSR count). The van der Waals surface area contributed by atoms with Crippen molar-refractivity contribution in [3.8, 4) is 11.5 Å². The van der Waals surface area contributed by atoms with Gasteiger partial charge in [-0.2, -0.15) is 4.39 Å². The van der Waals surface area contributed by atoms with E-state index in [1.165, 1.54) is 6.07 Å². The smallest absolute Gasteiger partial charge is 0.196 e. The van der Waals surface area contributed by atoms with Gasteiger partial charge in [-0.3, -0.25) is 9.78 Å². The van der Waals surface area contributed by atoms with Crippen LogP contribution >= 0.6 is 0 Å². The maximum Gasteiger partial charge on any atom is 0.196 e. The number of aromatic nitrogens is 4. The first-order chi connectivity index (χ1) is 11.6. The van der Waals surface area contributed by atoms with E-state index >= 15 is 0 Å². The molecule has 24 heavy (non-hydrogen) atoms. The lowest BCUT2D eigenvalue weighted by Crippen LogP contribution is -2.22. The molecular formula is C17H14FN5O. The zero-order valence-corrected chi connectivity index (χ0v) is 12.9. The third kappa shape index (κ3) is 2.44. The molecule has 1 unspecified atom stereocenters. The van der Waals surface area contributed by atoms with E-state index in [4.69, 9.17) is 0 Å². The Kier molecular flexibility index (Phi) is 3.34. The Morgan fingerprint density at radius 2 is 2.17 bits per heavy atom. The molecule has 0 bridgehead atoms. The summed E-state index contributed by atoms with van der Waals surface area (Å²) >= 11 is 0. The molecule has 0 aromatic carbocycles. The summed E-state index contributed by atoms with van der Waals surface area (Å²) in [5.74, 6) is 0.335. The summed E-state index contributed by atoms with van der Waals surface area (Å²) in [6.45, 7) is 2.44. The van der Waals surface area contributed by atoms with Crippen molar-refractivity contribution in [3.63, 3.8) is 0 Å². The van der Waals surface area contributed by atoms with E-state index in [0.29, 0.717) is 23.9 Å². The quantitative estimate of drug-likeness (QED) is 0.733. The normalized spacial score (nSPS) is 16.2. The van der Waals surface area contributed by atoms with Crippen molar-refractivity contribution >= 4 is 5.82 Å². The molecular weight excluding hydrogens is 309 g/mol. The Balaban J connectivity index is 1.72. The minimum absolute atomic E-state index is 0.0600. The molecule has 0 saturated heterocycles. The van der Waals surface area contributed by atoms with Crippen molar-refractivity contribution < 1.29 is 4.39 Å². The molecule has 0 fully saturated rings. The molecule has 0 amide bonds. The minimum Gasteiger partial charge on any atom is -0.345 e. The number of anilines is 1. The predicted molar refractivity (Wildman–Crippen MR) is 86.9 cm³/mol. The molecule has 1 N–H and O–H groups in total. The third-order valence-corrected chi connectivity index (χ3v) is 4.14. The molecule has 6 nitrogen and oxygen atoms in total. The van der Waals surface area contributed by atoms with E-state index in [1.54, 1.807) is 12.4 Å². The van der Waals surface area contributed by atoms with Crippen molar-refractivity contribution in [2.24, 2.45) is 0 Å². The number of hydrogen-bond acceptors (Lipinski definition) is 5. The van der Waals surface area contributed by atoms with Crippen LogP contribution < -0.4 is 10.3 Å². The maximum atomic E-state index is 13.5. The second kappa shape index (κ2) is 5.52. The topological polar surface area (TPSA) is 74.8 Å². The van der Waals surface area contributed by atoms with Gasteiger partial charge in [-0.25, -0.2) is 9.97 Å². The van der Waals surface area contributed by atoms with Crippen molar-refractivity contribution in [2.45, 2.75) is 19.5 Å². The Labute approximate surface area is 137 Å². The second-order valence-corrected chi connectivity index (χ2v) is 5.66. The van der Waals surface area contributed by atoms with Gasteiger partial charge in [-0.05, 0) is 19.1 Å². The number of fused-ring (bicyclic) bond motifs is 1. The fourth-order valence-corrected chi connectivity index (χ4v) is 2.93. The first-order valence-corrected chi connectivity index (χ1v) is 7.55. The number of nitrogens with one attached hydrogen (secondary N) is 1. The first kappa shape index (κ1) is 14.5. The summed E-state index contributed by atoms with van der Waals surface area (Å²) in [7, 11) is 0. The summed E-state index contributed by atoms with van der Waals surface area (Å²) in [5.41, 5.74) is 2.14. The highest BCUT2D eigenvalue weighted by Gasteiger charge is 2.30. The molecule has 3 aromatic rings. The number of H-pyrrole nitrogens is 1. The van der Waals surface area contributed by atoms with Gasteiger partial charge in [0, 0.05) is 30.1 Å². The summed E-state index contributed by atoms with van der Waals surface area (Å²) in [4.78, 5) is 29.3. The fraction of sp³-hybridized carbons (Fsp3) is 0.176. The molecule has 1 aliphatic heterocycles. The standard InChI is InChI=1S/C17H14FN5O/c1-10-12-8-20-17(13-4-2-3-5-19-13)21-14(12)9-23(10)16-7-11(24)6-15(18)22-16/h2-8,10H,9H2,1H3,(H,22,24). The van der Waals surface area contributed by atoms with Gasteiger partial charge in [0.15, 0.2) is 17.2 Å². The molecule has 3 aromatic heterocycles. The van der Waals surface area contributed by atoms with Gasteiger partial charge in [-0.1, -0.05) is 6.07 Å². The highest BCUT2D eigenvalue weighted by Crippen LogP contribution is 2.35. The van der Waals surface area contributed by atoms with Gasteiger partial charge in [-0.15, -0.1) is 0 Å². The Hall–Kier alpha value is -3.09. The van der Waals surface area contributed by atoms with Gasteiger partial charge >= 0.3 is 0 Å². The Morgan fingerprint density at radius 3 is 2.92 bits per heavy atom. The Morgan fingerprint density at radius 1 is 1.29 bits per heavy atom. The van der Waals surface area contributed by atoms with Crippen LogP contribution in [0.5, 0.6) is 0 Å². The largest absolute Gasteiger partial charge is 0.345 e. The van der Waals surface area contributed by atoms with Gasteiger partial charge in [0.25, 0.3) is 0 Å². The average molecular weight is 323 g/mol. The number of pyridine rings is 2. The van der Waals surface area contributed by atoms with Crippen LogP contribution in [0.2, 0.25) is 0 Å². The van der Waals surface area contributed by atoms with Crippen molar-refractivity contribution in [1.29, 1.82) is 0 Å². The predicted octanol–water partition coefficient (Wildman–Crippen LogP) is 2.45. The Bertz CT molecular complexity index is 957. The molecule has 7 heteroatoms. The molecule has 0 saturated carbocycles. The average Bonchev–Trinajstić information content (AvgIpc) is 2.91. The van der Waals surface area contributed by atoms with Crippen LogP contribution in [0.3, 0.4) is 0 Å². The van der Waals surface area contributed by atoms with Crippen molar-refractivity contribution in [2.75, 3.05) is 4.90 Å². The maximum absolute atomic E-state index is 13.5. The highest BCUT2D eigenvalue weighted by atomic mass is 19.1. The first-order valence-electron chi connectivity index (χ1n) is 7.55. The fourth-order valence-electron chi connectivity index (χ4n) is 2.93. The lowest BCUT2D eigenvalue weighted by atomic mass is 10.1. The van der Waals surface area contributed by atoms with Crippen LogP contribution in [0.1, 0.15) is 24.2 Å². The lowest BCUT2D eigenvalue weighted by Gasteiger charge is -2.23. The monoisotopic (exact) mass is 323 g/mol. The molecule has 120 valence electrons. The van der Waals surface area contributed by atoms with Crippen LogP contribution in [0.4, 0.5) is 10.2 Å². The van der Waals surface area contributed by atoms with Crippen molar-refractivity contribution in [1.82, 2.24) is 19.9 Å². The van der Waals surface area contributed by atoms with Gasteiger partial charge in [0.1, 0.15) is 11.5 Å². The summed E-state index contributed by atoms with van der Waals surface area (Å²) < 4.78 is 13.5. The molecule has 4 heterocycles. The number of nitrogens with zero attached hydrogens (tertiary/aromatic N) is 4. The van der Waals surface area contributed by atoms with Crippen LogP contribution in [0.15, 0.2) is 47.5 Å². The van der Waals surface area contributed by atoms with E-state index in [1.807, 2.05) is 30.0 Å². The molecule has 1 atom stereocenters. The summed E-state index contributed by atoms with van der Waals surface area (Å²) in [6, 6.07) is 7.82. The summed E-state index contributed by atoms with van der Waals surface area (Å²) in [6.07, 6.45) is 3.47. The number of aromatic amines is 1. The number of hydrogen-bond donors (Lipinski definition) is 1. The van der Waals surface area contributed by atoms with Crippen LogP contribution in [0, 0.1) is 5.95 Å².